The molecule has 108 valence electrons. The van der Waals surface area contributed by atoms with Gasteiger partial charge < -0.3 is 21.5 Å². The van der Waals surface area contributed by atoms with Gasteiger partial charge in [0.1, 0.15) is 0 Å². The van der Waals surface area contributed by atoms with Crippen LogP contribution in [0.5, 0.6) is 0 Å². The van der Waals surface area contributed by atoms with E-state index in [1.54, 1.807) is 7.11 Å². The molecule has 9 nitrogen and oxygen atoms in total. The van der Waals surface area contributed by atoms with Crippen molar-refractivity contribution in [1.82, 2.24) is 15.5 Å². The minimum Gasteiger partial charge on any atom is -0.383 e. The monoisotopic (exact) mass is 272 g/mol. The van der Waals surface area contributed by atoms with Crippen molar-refractivity contribution in [3.63, 3.8) is 0 Å². The van der Waals surface area contributed by atoms with Gasteiger partial charge in [-0.1, -0.05) is 5.16 Å². The van der Waals surface area contributed by atoms with E-state index < -0.39 is 5.76 Å². The molecule has 1 heterocycles. The van der Waals surface area contributed by atoms with Gasteiger partial charge in [0.05, 0.1) is 12.6 Å². The highest BCUT2D eigenvalue weighted by Crippen LogP contribution is 2.09. The third-order valence-electron chi connectivity index (χ3n) is 2.38. The largest absolute Gasteiger partial charge is 0.438 e. The van der Waals surface area contributed by atoms with Gasteiger partial charge in [0.25, 0.3) is 0 Å². The smallest absolute Gasteiger partial charge is 0.383 e. The lowest BCUT2D eigenvalue weighted by Gasteiger charge is -2.06. The molecule has 0 radical (unpaired) electrons. The first-order chi connectivity index (χ1) is 9.13. The molecule has 0 saturated heterocycles. The lowest BCUT2D eigenvalue weighted by molar-refractivity contribution is 0.204. The zero-order valence-electron chi connectivity index (χ0n) is 10.9. The van der Waals surface area contributed by atoms with Gasteiger partial charge in [-0.3, -0.25) is 14.5 Å². The van der Waals surface area contributed by atoms with Crippen molar-refractivity contribution in [1.29, 1.82) is 0 Å². The van der Waals surface area contributed by atoms with E-state index in [9.17, 15) is 4.79 Å². The highest BCUT2D eigenvalue weighted by molar-refractivity contribution is 5.77. The maximum Gasteiger partial charge on any atom is 0.438 e. The van der Waals surface area contributed by atoms with E-state index in [-0.39, 0.29) is 6.04 Å². The van der Waals surface area contributed by atoms with Crippen LogP contribution in [-0.4, -0.2) is 42.9 Å². The topological polar surface area (TPSA) is 145 Å². The van der Waals surface area contributed by atoms with Crippen LogP contribution in [0.4, 0.5) is 0 Å². The fourth-order valence-electron chi connectivity index (χ4n) is 1.39. The molecule has 6 N–H and O–H groups in total. The molecule has 1 atom stereocenters. The van der Waals surface area contributed by atoms with Crippen LogP contribution >= 0.6 is 0 Å². The molecule has 0 aliphatic rings. The van der Waals surface area contributed by atoms with Crippen LogP contribution in [-0.2, 0) is 4.74 Å². The van der Waals surface area contributed by atoms with Gasteiger partial charge in [0, 0.05) is 20.2 Å². The first-order valence-electron chi connectivity index (χ1n) is 5.97. The number of aromatic nitrogens is 2. The summed E-state index contributed by atoms with van der Waals surface area (Å²) in [7, 11) is 1.62. The summed E-state index contributed by atoms with van der Waals surface area (Å²) in [5.41, 5.74) is 11.4. The zero-order chi connectivity index (χ0) is 14.1. The number of nitrogens with one attached hydrogen (secondary N) is 2. The number of aromatic amines is 1. The van der Waals surface area contributed by atoms with Gasteiger partial charge >= 0.3 is 5.76 Å². The molecule has 0 amide bonds. The molecule has 1 aromatic rings. The van der Waals surface area contributed by atoms with Gasteiger partial charge in [-0.2, -0.15) is 0 Å². The standard InChI is InChI=1S/C10H20N6O3/c1-18-6-5-14-9(12)13-4-2-3-7(11)8-15-10(17)19-16-8/h7H,2-6,11H2,1H3,(H3,12,13,14)(H,15,16,17)/t7-/m0/s1. The number of aliphatic imine (C=N–C) groups is 1. The van der Waals surface area contributed by atoms with E-state index in [0.717, 1.165) is 6.42 Å². The fraction of sp³-hybridized carbons (Fsp3) is 0.700. The van der Waals surface area contributed by atoms with Crippen molar-refractivity contribution in [2.45, 2.75) is 18.9 Å². The number of ether oxygens (including phenoxy) is 1. The Kier molecular flexibility index (Phi) is 6.61. The highest BCUT2D eigenvalue weighted by atomic mass is 16.5. The Labute approximate surface area is 110 Å². The van der Waals surface area contributed by atoms with E-state index in [4.69, 9.17) is 16.2 Å². The Hall–Kier alpha value is -1.87. The molecule has 19 heavy (non-hydrogen) atoms. The molecule has 0 bridgehead atoms. The molecule has 0 aliphatic carbocycles. The van der Waals surface area contributed by atoms with Crippen LogP contribution in [0.15, 0.2) is 14.3 Å². The van der Waals surface area contributed by atoms with E-state index >= 15 is 0 Å². The number of rotatable bonds is 8. The third kappa shape index (κ3) is 6.02. The second kappa shape index (κ2) is 8.27. The Morgan fingerprint density at radius 3 is 3.11 bits per heavy atom. The molecular formula is C10H20N6O3. The lowest BCUT2D eigenvalue weighted by Crippen LogP contribution is -2.34. The summed E-state index contributed by atoms with van der Waals surface area (Å²) in [4.78, 5) is 17.3. The van der Waals surface area contributed by atoms with E-state index in [0.29, 0.717) is 37.9 Å². The number of methoxy groups -OCH3 is 1. The van der Waals surface area contributed by atoms with Crippen molar-refractivity contribution in [3.8, 4) is 0 Å². The molecule has 0 saturated carbocycles. The van der Waals surface area contributed by atoms with Crippen molar-refractivity contribution in [3.05, 3.63) is 16.4 Å². The summed E-state index contributed by atoms with van der Waals surface area (Å²) < 4.78 is 9.24. The summed E-state index contributed by atoms with van der Waals surface area (Å²) >= 11 is 0. The van der Waals surface area contributed by atoms with Gasteiger partial charge in [0.2, 0.25) is 0 Å². The minimum absolute atomic E-state index is 0.347. The molecule has 0 unspecified atom stereocenters. The van der Waals surface area contributed by atoms with Crippen LogP contribution in [0.3, 0.4) is 0 Å². The van der Waals surface area contributed by atoms with Crippen LogP contribution in [0.25, 0.3) is 0 Å². The summed E-state index contributed by atoms with van der Waals surface area (Å²) in [6, 6.07) is -0.371. The van der Waals surface area contributed by atoms with Crippen molar-refractivity contribution >= 4 is 5.96 Å². The van der Waals surface area contributed by atoms with Crippen molar-refractivity contribution in [2.75, 3.05) is 26.8 Å². The SMILES string of the molecule is COCCNC(N)=NCCC[C@H](N)c1noc(=O)[nH]1. The second-order valence-electron chi connectivity index (χ2n) is 3.92. The zero-order valence-corrected chi connectivity index (χ0v) is 10.9. The first-order valence-corrected chi connectivity index (χ1v) is 5.97. The molecule has 0 fully saturated rings. The number of guanidine groups is 1. The molecule has 0 aromatic carbocycles. The van der Waals surface area contributed by atoms with Crippen LogP contribution in [0.1, 0.15) is 24.7 Å². The average molecular weight is 272 g/mol. The van der Waals surface area contributed by atoms with E-state index in [1.807, 2.05) is 0 Å². The normalized spacial score (nSPS) is 13.5. The highest BCUT2D eigenvalue weighted by Gasteiger charge is 2.10. The number of hydrogen-bond donors (Lipinski definition) is 4. The van der Waals surface area contributed by atoms with Crippen LogP contribution in [0, 0.1) is 0 Å². The lowest BCUT2D eigenvalue weighted by atomic mass is 10.1. The maximum atomic E-state index is 10.7. The van der Waals surface area contributed by atoms with Crippen molar-refractivity contribution in [2.24, 2.45) is 16.5 Å². The molecule has 1 aromatic heterocycles. The molecular weight excluding hydrogens is 252 g/mol. The van der Waals surface area contributed by atoms with E-state index in [2.05, 4.69) is 25.0 Å². The maximum absolute atomic E-state index is 10.7. The summed E-state index contributed by atoms with van der Waals surface area (Å²) in [5, 5.41) is 6.43. The number of nitrogens with two attached hydrogens (primary N) is 2. The minimum atomic E-state index is -0.602. The molecule has 9 heteroatoms. The van der Waals surface area contributed by atoms with E-state index in [1.165, 1.54) is 0 Å². The summed E-state index contributed by atoms with van der Waals surface area (Å²) in [6.07, 6.45) is 1.35. The number of hydrogen-bond acceptors (Lipinski definition) is 6. The Bertz CT molecular complexity index is 440. The van der Waals surface area contributed by atoms with Crippen LogP contribution in [0.2, 0.25) is 0 Å². The van der Waals surface area contributed by atoms with Crippen LogP contribution < -0.4 is 22.5 Å². The molecule has 1 rings (SSSR count). The molecule has 0 aliphatic heterocycles. The van der Waals surface area contributed by atoms with Gasteiger partial charge in [0.15, 0.2) is 11.8 Å². The summed E-state index contributed by atoms with van der Waals surface area (Å²) in [5.74, 6) is 0.121. The first kappa shape index (κ1) is 15.2. The van der Waals surface area contributed by atoms with Crippen molar-refractivity contribution < 1.29 is 9.26 Å². The third-order valence-corrected chi connectivity index (χ3v) is 2.38. The van der Waals surface area contributed by atoms with Gasteiger partial charge in [-0.15, -0.1) is 0 Å². The fourth-order valence-corrected chi connectivity index (χ4v) is 1.39. The quantitative estimate of drug-likeness (QED) is 0.261. The number of H-pyrrole nitrogens is 1. The Morgan fingerprint density at radius 1 is 1.68 bits per heavy atom. The summed E-state index contributed by atoms with van der Waals surface area (Å²) in [6.45, 7) is 1.73. The predicted molar refractivity (Wildman–Crippen MR) is 69.7 cm³/mol. The molecule has 0 spiro atoms. The second-order valence-corrected chi connectivity index (χ2v) is 3.92. The van der Waals surface area contributed by atoms with Gasteiger partial charge in [-0.05, 0) is 12.8 Å². The number of nitrogens with zero attached hydrogens (tertiary/aromatic N) is 2. The average Bonchev–Trinajstić information content (AvgIpc) is 2.81. The predicted octanol–water partition coefficient (Wildman–Crippen LogP) is -1.31. The Morgan fingerprint density at radius 2 is 2.47 bits per heavy atom. The Balaban J connectivity index is 2.19. The van der Waals surface area contributed by atoms with Gasteiger partial charge in [-0.25, -0.2) is 4.79 Å².